The Kier molecular flexibility index (Phi) is 7.73. The average molecular weight is 431 g/mol. The third-order valence-electron chi connectivity index (χ3n) is 5.72. The summed E-state index contributed by atoms with van der Waals surface area (Å²) in [6.45, 7) is 2.32. The molecule has 9 heteroatoms. The van der Waals surface area contributed by atoms with Crippen molar-refractivity contribution in [2.45, 2.75) is 43.0 Å². The first-order valence-corrected chi connectivity index (χ1v) is 11.1. The minimum atomic E-state index is -3.60. The van der Waals surface area contributed by atoms with E-state index in [1.54, 1.807) is 12.1 Å². The number of nitrogens with one attached hydrogen (secondary N) is 1. The van der Waals surface area contributed by atoms with Gasteiger partial charge in [-0.2, -0.15) is 0 Å². The summed E-state index contributed by atoms with van der Waals surface area (Å²) < 4.78 is 26.3. The number of carbonyl (C=O) groups excluding carboxylic acids is 1. The number of amides is 1. The second kappa shape index (κ2) is 9.43. The normalized spacial score (nSPS) is 22.4. The number of halogens is 1. The summed E-state index contributed by atoms with van der Waals surface area (Å²) in [6, 6.07) is 4.94. The monoisotopic (exact) mass is 430 g/mol. The van der Waals surface area contributed by atoms with Crippen LogP contribution in [-0.4, -0.2) is 58.4 Å². The maximum atomic E-state index is 13.1. The van der Waals surface area contributed by atoms with Crippen molar-refractivity contribution in [3.63, 3.8) is 0 Å². The Morgan fingerprint density at radius 2 is 1.89 bits per heavy atom. The quantitative estimate of drug-likeness (QED) is 0.717. The molecule has 3 N–H and O–H groups in total. The fraction of sp³-hybridized carbons (Fsp3) is 0.632. The Morgan fingerprint density at radius 1 is 1.21 bits per heavy atom. The predicted molar refractivity (Wildman–Crippen MR) is 114 cm³/mol. The van der Waals surface area contributed by atoms with E-state index in [2.05, 4.69) is 10.2 Å². The van der Waals surface area contributed by atoms with Gasteiger partial charge in [0, 0.05) is 38.9 Å². The fourth-order valence-corrected chi connectivity index (χ4v) is 4.99. The average Bonchev–Trinajstić information content (AvgIpc) is 3.32. The van der Waals surface area contributed by atoms with Crippen molar-refractivity contribution in [2.24, 2.45) is 11.7 Å². The van der Waals surface area contributed by atoms with Crippen LogP contribution in [0.15, 0.2) is 23.1 Å². The van der Waals surface area contributed by atoms with Gasteiger partial charge in [0.1, 0.15) is 0 Å². The molecule has 0 radical (unpaired) electrons. The molecule has 1 saturated carbocycles. The Labute approximate surface area is 174 Å². The lowest BCUT2D eigenvalue weighted by molar-refractivity contribution is 0.0929. The van der Waals surface area contributed by atoms with Crippen molar-refractivity contribution in [1.82, 2.24) is 9.62 Å². The van der Waals surface area contributed by atoms with E-state index < -0.39 is 10.0 Å². The number of hydrogen-bond acceptors (Lipinski definition) is 5. The van der Waals surface area contributed by atoms with Gasteiger partial charge in [0.05, 0.1) is 10.5 Å². The molecule has 158 valence electrons. The van der Waals surface area contributed by atoms with Gasteiger partial charge in [-0.1, -0.05) is 6.42 Å². The molecule has 7 nitrogen and oxygen atoms in total. The van der Waals surface area contributed by atoms with E-state index in [9.17, 15) is 13.2 Å². The van der Waals surface area contributed by atoms with E-state index in [4.69, 9.17) is 5.73 Å². The van der Waals surface area contributed by atoms with Crippen LogP contribution < -0.4 is 16.0 Å². The van der Waals surface area contributed by atoms with Gasteiger partial charge in [-0.15, -0.1) is 12.4 Å². The molecular formula is C19H31ClN4O3S. The first kappa shape index (κ1) is 22.9. The highest BCUT2D eigenvalue weighted by Gasteiger charge is 2.30. The van der Waals surface area contributed by atoms with Crippen LogP contribution in [0.1, 0.15) is 42.5 Å². The molecule has 1 aliphatic carbocycles. The lowest BCUT2D eigenvalue weighted by atomic mass is 10.0. The molecule has 0 bridgehead atoms. The van der Waals surface area contributed by atoms with Gasteiger partial charge < -0.3 is 16.0 Å². The Bertz CT molecular complexity index is 794. The zero-order valence-electron chi connectivity index (χ0n) is 16.6. The minimum absolute atomic E-state index is 0. The fourth-order valence-electron chi connectivity index (χ4n) is 4.06. The Balaban J connectivity index is 0.00000280. The van der Waals surface area contributed by atoms with Gasteiger partial charge in [0.2, 0.25) is 10.0 Å². The molecule has 28 heavy (non-hydrogen) atoms. The third-order valence-corrected chi connectivity index (χ3v) is 7.53. The molecule has 2 fully saturated rings. The molecule has 2 atom stereocenters. The summed E-state index contributed by atoms with van der Waals surface area (Å²) in [7, 11) is -0.613. The number of sulfonamides is 1. The number of hydrogen-bond donors (Lipinski definition) is 2. The van der Waals surface area contributed by atoms with E-state index in [1.165, 1.54) is 24.5 Å². The number of benzene rings is 1. The van der Waals surface area contributed by atoms with Crippen LogP contribution in [-0.2, 0) is 10.0 Å². The first-order chi connectivity index (χ1) is 12.8. The lowest BCUT2D eigenvalue weighted by Gasteiger charge is -2.24. The maximum Gasteiger partial charge on any atom is 0.253 e. The number of nitrogens with two attached hydrogens (primary N) is 1. The zero-order valence-corrected chi connectivity index (χ0v) is 18.2. The van der Waals surface area contributed by atoms with Crippen molar-refractivity contribution in [3.8, 4) is 0 Å². The smallest absolute Gasteiger partial charge is 0.253 e. The van der Waals surface area contributed by atoms with Crippen molar-refractivity contribution in [2.75, 3.05) is 38.6 Å². The molecule has 2 unspecified atom stereocenters. The van der Waals surface area contributed by atoms with Crippen LogP contribution in [0.3, 0.4) is 0 Å². The summed E-state index contributed by atoms with van der Waals surface area (Å²) in [4.78, 5) is 15.4. The number of nitrogens with zero attached hydrogens (tertiary/aromatic N) is 2. The summed E-state index contributed by atoms with van der Waals surface area (Å²) in [5.74, 6) is 0.0796. The van der Waals surface area contributed by atoms with Gasteiger partial charge in [0.25, 0.3) is 5.91 Å². The molecule has 1 heterocycles. The van der Waals surface area contributed by atoms with Crippen molar-refractivity contribution < 1.29 is 13.2 Å². The summed E-state index contributed by atoms with van der Waals surface area (Å²) in [5.41, 5.74) is 7.08. The van der Waals surface area contributed by atoms with E-state index in [0.29, 0.717) is 12.1 Å². The van der Waals surface area contributed by atoms with Gasteiger partial charge >= 0.3 is 0 Å². The molecule has 1 amide bonds. The highest BCUT2D eigenvalue weighted by Crippen LogP contribution is 2.30. The second-order valence-corrected chi connectivity index (χ2v) is 9.82. The maximum absolute atomic E-state index is 13.1. The van der Waals surface area contributed by atoms with E-state index in [-0.39, 0.29) is 35.2 Å². The van der Waals surface area contributed by atoms with Crippen LogP contribution in [0.4, 0.5) is 5.69 Å². The predicted octanol–water partition coefficient (Wildman–Crippen LogP) is 1.82. The standard InChI is InChI=1S/C19H30N4O3S.ClH/c1-22(2)27(25,26)15-8-9-18(23-10-3-4-11-23)16(12-15)19(24)21-17-7-5-6-14(17)13-20;/h8-9,12,14,17H,3-7,10-11,13,20H2,1-2H3,(H,21,24);1H. The van der Waals surface area contributed by atoms with Crippen molar-refractivity contribution >= 4 is 34.0 Å². The molecule has 0 aromatic heterocycles. The summed E-state index contributed by atoms with van der Waals surface area (Å²) >= 11 is 0. The zero-order chi connectivity index (χ0) is 19.6. The van der Waals surface area contributed by atoms with E-state index in [0.717, 1.165) is 50.9 Å². The largest absolute Gasteiger partial charge is 0.371 e. The van der Waals surface area contributed by atoms with Crippen LogP contribution >= 0.6 is 12.4 Å². The topological polar surface area (TPSA) is 95.7 Å². The number of anilines is 1. The number of carbonyl (C=O) groups is 1. The number of rotatable bonds is 6. The van der Waals surface area contributed by atoms with Gasteiger partial charge in [-0.05, 0) is 56.3 Å². The second-order valence-electron chi connectivity index (χ2n) is 7.67. The molecule has 3 rings (SSSR count). The molecular weight excluding hydrogens is 400 g/mol. The summed E-state index contributed by atoms with van der Waals surface area (Å²) in [5, 5.41) is 3.11. The SMILES string of the molecule is CN(C)S(=O)(=O)c1ccc(N2CCCC2)c(C(=O)NC2CCCC2CN)c1.Cl. The van der Waals surface area contributed by atoms with Gasteiger partial charge in [-0.25, -0.2) is 12.7 Å². The van der Waals surface area contributed by atoms with Crippen LogP contribution in [0.5, 0.6) is 0 Å². The molecule has 1 aromatic carbocycles. The summed E-state index contributed by atoms with van der Waals surface area (Å²) in [6.07, 6.45) is 5.16. The van der Waals surface area contributed by atoms with Crippen LogP contribution in [0.2, 0.25) is 0 Å². The van der Waals surface area contributed by atoms with Crippen LogP contribution in [0.25, 0.3) is 0 Å². The minimum Gasteiger partial charge on any atom is -0.371 e. The highest BCUT2D eigenvalue weighted by molar-refractivity contribution is 7.89. The van der Waals surface area contributed by atoms with Gasteiger partial charge in [0.15, 0.2) is 0 Å². The Morgan fingerprint density at radius 3 is 2.50 bits per heavy atom. The molecule has 1 aliphatic heterocycles. The van der Waals surface area contributed by atoms with E-state index in [1.807, 2.05) is 0 Å². The van der Waals surface area contributed by atoms with Crippen molar-refractivity contribution in [1.29, 1.82) is 0 Å². The van der Waals surface area contributed by atoms with E-state index >= 15 is 0 Å². The molecule has 2 aliphatic rings. The third kappa shape index (κ3) is 4.62. The molecule has 1 saturated heterocycles. The van der Waals surface area contributed by atoms with Crippen LogP contribution in [0, 0.1) is 5.92 Å². The highest BCUT2D eigenvalue weighted by atomic mass is 35.5. The first-order valence-electron chi connectivity index (χ1n) is 9.67. The molecule has 1 aromatic rings. The Hall–Kier alpha value is -1.35. The molecule has 0 spiro atoms. The van der Waals surface area contributed by atoms with Crippen molar-refractivity contribution in [3.05, 3.63) is 23.8 Å². The van der Waals surface area contributed by atoms with Gasteiger partial charge in [-0.3, -0.25) is 4.79 Å². The lowest BCUT2D eigenvalue weighted by Crippen LogP contribution is -2.40.